The van der Waals surface area contributed by atoms with Crippen molar-refractivity contribution in [1.29, 1.82) is 0 Å². The first-order valence-electron chi connectivity index (χ1n) is 5.65. The molecule has 0 amide bonds. The number of nitrogens with one attached hydrogen (secondary N) is 1. The first-order chi connectivity index (χ1) is 7.79. The first kappa shape index (κ1) is 10.7. The Labute approximate surface area is 103 Å². The van der Waals surface area contributed by atoms with Crippen LogP contribution in [0.1, 0.15) is 43.0 Å². The van der Waals surface area contributed by atoms with E-state index in [1.807, 2.05) is 0 Å². The van der Waals surface area contributed by atoms with Gasteiger partial charge in [0.2, 0.25) is 0 Å². The fraction of sp³-hybridized carbons (Fsp3) is 0.636. The maximum Gasteiger partial charge on any atom is 0.255 e. The molecule has 1 aliphatic carbocycles. The van der Waals surface area contributed by atoms with E-state index in [2.05, 4.69) is 9.97 Å². The van der Waals surface area contributed by atoms with Crippen molar-refractivity contribution in [3.8, 4) is 0 Å². The van der Waals surface area contributed by atoms with E-state index < -0.39 is 0 Å². The van der Waals surface area contributed by atoms with Crippen LogP contribution in [0, 0.1) is 0 Å². The highest BCUT2D eigenvalue weighted by Gasteiger charge is 2.38. The lowest BCUT2D eigenvalue weighted by Crippen LogP contribution is -2.23. The normalized spacial score (nSPS) is 27.6. The zero-order valence-electron chi connectivity index (χ0n) is 8.83. The summed E-state index contributed by atoms with van der Waals surface area (Å²) in [6.45, 7) is 0. The molecule has 1 fully saturated rings. The summed E-state index contributed by atoms with van der Waals surface area (Å²) in [6, 6.07) is 0. The first-order valence-corrected chi connectivity index (χ1v) is 7.06. The molecule has 16 heavy (non-hydrogen) atoms. The van der Waals surface area contributed by atoms with Crippen LogP contribution in [0.25, 0.3) is 0 Å². The maximum atomic E-state index is 12.0. The van der Waals surface area contributed by atoms with E-state index in [0.29, 0.717) is 17.0 Å². The molecule has 3 nitrogen and oxygen atoms in total. The van der Waals surface area contributed by atoms with Crippen LogP contribution >= 0.6 is 23.4 Å². The zero-order chi connectivity index (χ0) is 11.1. The summed E-state index contributed by atoms with van der Waals surface area (Å²) in [5, 5.41) is 1.50. The van der Waals surface area contributed by atoms with Gasteiger partial charge in [-0.05, 0) is 12.8 Å². The molecule has 5 heteroatoms. The average molecular weight is 257 g/mol. The van der Waals surface area contributed by atoms with Gasteiger partial charge in [-0.2, -0.15) is 0 Å². The summed E-state index contributed by atoms with van der Waals surface area (Å²) in [5.74, 6) is 1.30. The topological polar surface area (TPSA) is 45.8 Å². The SMILES string of the molecule is O=c1[nH]c(CCl)nc2c1[C@H]1CCCC[C@@H]1S2. The molecule has 86 valence electrons. The highest BCUT2D eigenvalue weighted by Crippen LogP contribution is 2.49. The predicted octanol–water partition coefficient (Wildman–Crippen LogP) is 2.64. The molecule has 1 N–H and O–H groups in total. The van der Waals surface area contributed by atoms with Crippen LogP contribution in [0.15, 0.2) is 9.82 Å². The Bertz CT molecular complexity index is 474. The maximum absolute atomic E-state index is 12.0. The van der Waals surface area contributed by atoms with Gasteiger partial charge in [-0.1, -0.05) is 12.8 Å². The number of aromatic nitrogens is 2. The number of halogens is 1. The van der Waals surface area contributed by atoms with Crippen LogP contribution in [-0.2, 0) is 5.88 Å². The van der Waals surface area contributed by atoms with Crippen molar-refractivity contribution >= 4 is 23.4 Å². The Kier molecular flexibility index (Phi) is 2.72. The predicted molar refractivity (Wildman–Crippen MR) is 65.3 cm³/mol. The lowest BCUT2D eigenvalue weighted by Gasteiger charge is -2.23. The second kappa shape index (κ2) is 4.08. The molecule has 1 aliphatic heterocycles. The fourth-order valence-corrected chi connectivity index (χ4v) is 4.37. The van der Waals surface area contributed by atoms with E-state index in [0.717, 1.165) is 17.0 Å². The van der Waals surface area contributed by atoms with Gasteiger partial charge in [0.05, 0.1) is 11.4 Å². The molecule has 0 bridgehead atoms. The number of aromatic amines is 1. The second-order valence-electron chi connectivity index (χ2n) is 4.41. The second-order valence-corrected chi connectivity index (χ2v) is 5.91. The summed E-state index contributed by atoms with van der Waals surface area (Å²) in [6.07, 6.45) is 4.86. The third-order valence-electron chi connectivity index (χ3n) is 3.43. The summed E-state index contributed by atoms with van der Waals surface area (Å²) in [5.41, 5.74) is 0.950. The van der Waals surface area contributed by atoms with Gasteiger partial charge in [0.1, 0.15) is 10.9 Å². The molecule has 0 spiro atoms. The molecular formula is C11H13ClN2OS. The van der Waals surface area contributed by atoms with Crippen molar-refractivity contribution in [2.75, 3.05) is 0 Å². The molecule has 0 aromatic carbocycles. The van der Waals surface area contributed by atoms with E-state index >= 15 is 0 Å². The number of H-pyrrole nitrogens is 1. The fourth-order valence-electron chi connectivity index (χ4n) is 2.70. The van der Waals surface area contributed by atoms with Crippen LogP contribution in [0.2, 0.25) is 0 Å². The van der Waals surface area contributed by atoms with Crippen molar-refractivity contribution in [3.63, 3.8) is 0 Å². The van der Waals surface area contributed by atoms with Gasteiger partial charge in [0, 0.05) is 11.2 Å². The summed E-state index contributed by atoms with van der Waals surface area (Å²) in [7, 11) is 0. The summed E-state index contributed by atoms with van der Waals surface area (Å²) >= 11 is 7.49. The minimum absolute atomic E-state index is 0.0301. The Hall–Kier alpha value is -0.480. The monoisotopic (exact) mass is 256 g/mol. The zero-order valence-corrected chi connectivity index (χ0v) is 10.4. The highest BCUT2D eigenvalue weighted by molar-refractivity contribution is 8.00. The van der Waals surface area contributed by atoms with Gasteiger partial charge in [-0.3, -0.25) is 4.79 Å². The third kappa shape index (κ3) is 1.59. The quantitative estimate of drug-likeness (QED) is 0.621. The van der Waals surface area contributed by atoms with E-state index in [9.17, 15) is 4.79 Å². The molecule has 2 atom stereocenters. The van der Waals surface area contributed by atoms with Gasteiger partial charge < -0.3 is 4.98 Å². The summed E-state index contributed by atoms with van der Waals surface area (Å²) in [4.78, 5) is 19.2. The number of hydrogen-bond acceptors (Lipinski definition) is 3. The van der Waals surface area contributed by atoms with Crippen LogP contribution in [0.4, 0.5) is 0 Å². The molecule has 0 unspecified atom stereocenters. The Balaban J connectivity index is 2.08. The Morgan fingerprint density at radius 3 is 3.06 bits per heavy atom. The van der Waals surface area contributed by atoms with Crippen molar-refractivity contribution in [2.24, 2.45) is 0 Å². The molecular weight excluding hydrogens is 244 g/mol. The van der Waals surface area contributed by atoms with Crippen LogP contribution in [-0.4, -0.2) is 15.2 Å². The number of fused-ring (bicyclic) bond motifs is 3. The number of hydrogen-bond donors (Lipinski definition) is 1. The van der Waals surface area contributed by atoms with Gasteiger partial charge in [0.25, 0.3) is 5.56 Å². The minimum Gasteiger partial charge on any atom is -0.309 e. The van der Waals surface area contributed by atoms with Crippen LogP contribution in [0.3, 0.4) is 0 Å². The molecule has 3 rings (SSSR count). The average Bonchev–Trinajstić information content (AvgIpc) is 2.67. The van der Waals surface area contributed by atoms with E-state index in [4.69, 9.17) is 11.6 Å². The lowest BCUT2D eigenvalue weighted by molar-refractivity contribution is 0.457. The van der Waals surface area contributed by atoms with E-state index in [1.54, 1.807) is 11.8 Å². The number of nitrogens with zero attached hydrogens (tertiary/aromatic N) is 1. The Morgan fingerprint density at radius 2 is 2.25 bits per heavy atom. The molecule has 0 saturated heterocycles. The smallest absolute Gasteiger partial charge is 0.255 e. The van der Waals surface area contributed by atoms with Gasteiger partial charge in [0.15, 0.2) is 0 Å². The molecule has 0 radical (unpaired) electrons. The lowest BCUT2D eigenvalue weighted by atomic mass is 9.85. The van der Waals surface area contributed by atoms with Gasteiger partial charge in [-0.25, -0.2) is 4.98 Å². The number of thioether (sulfide) groups is 1. The standard InChI is InChI=1S/C11H13ClN2OS/c12-5-8-13-10(15)9-6-3-1-2-4-7(6)16-11(9)14-8/h6-7H,1-5H2,(H,13,14,15)/t6-,7-/m0/s1. The van der Waals surface area contributed by atoms with Crippen molar-refractivity contribution < 1.29 is 0 Å². The van der Waals surface area contributed by atoms with Crippen molar-refractivity contribution in [1.82, 2.24) is 9.97 Å². The molecule has 1 aromatic rings. The van der Waals surface area contributed by atoms with E-state index in [-0.39, 0.29) is 11.4 Å². The molecule has 1 saturated carbocycles. The van der Waals surface area contributed by atoms with Crippen molar-refractivity contribution in [2.45, 2.75) is 47.8 Å². The van der Waals surface area contributed by atoms with E-state index in [1.165, 1.54) is 19.3 Å². The molecule has 2 aliphatic rings. The molecule has 2 heterocycles. The minimum atomic E-state index is 0.0301. The summed E-state index contributed by atoms with van der Waals surface area (Å²) < 4.78 is 0. The van der Waals surface area contributed by atoms with Crippen molar-refractivity contribution in [3.05, 3.63) is 21.7 Å². The highest BCUT2D eigenvalue weighted by atomic mass is 35.5. The van der Waals surface area contributed by atoms with Crippen LogP contribution < -0.4 is 5.56 Å². The van der Waals surface area contributed by atoms with Crippen LogP contribution in [0.5, 0.6) is 0 Å². The number of rotatable bonds is 1. The largest absolute Gasteiger partial charge is 0.309 e. The molecule has 1 aromatic heterocycles. The Morgan fingerprint density at radius 1 is 1.44 bits per heavy atom. The number of alkyl halides is 1. The van der Waals surface area contributed by atoms with Gasteiger partial charge >= 0.3 is 0 Å². The van der Waals surface area contributed by atoms with Gasteiger partial charge in [-0.15, -0.1) is 23.4 Å². The third-order valence-corrected chi connectivity index (χ3v) is 5.09.